The van der Waals surface area contributed by atoms with Crippen molar-refractivity contribution < 1.29 is 4.79 Å². The molecule has 5 nitrogen and oxygen atoms in total. The molecular weight excluding hydrogens is 312 g/mol. The topological polar surface area (TPSA) is 72.9 Å². The van der Waals surface area contributed by atoms with Crippen molar-refractivity contribution in [2.45, 2.75) is 51.5 Å². The highest BCUT2D eigenvalue weighted by atomic mass is 16.1. The minimum Gasteiger partial charge on any atom is -0.349 e. The van der Waals surface area contributed by atoms with Gasteiger partial charge in [-0.05, 0) is 49.4 Å². The van der Waals surface area contributed by atoms with E-state index in [4.69, 9.17) is 5.73 Å². The molecule has 1 unspecified atom stereocenters. The predicted octanol–water partition coefficient (Wildman–Crippen LogP) is 3.35. The molecule has 2 aromatic rings. The third kappa shape index (κ3) is 4.10. The van der Waals surface area contributed by atoms with Gasteiger partial charge in [0, 0.05) is 18.8 Å². The lowest BCUT2D eigenvalue weighted by Gasteiger charge is -2.36. The average molecular weight is 340 g/mol. The van der Waals surface area contributed by atoms with E-state index in [-0.39, 0.29) is 17.4 Å². The predicted molar refractivity (Wildman–Crippen MR) is 99.3 cm³/mol. The van der Waals surface area contributed by atoms with Gasteiger partial charge in [-0.25, -0.2) is 4.68 Å². The van der Waals surface area contributed by atoms with Gasteiger partial charge >= 0.3 is 0 Å². The normalized spacial score (nSPS) is 17.8. The molecule has 1 saturated carbocycles. The van der Waals surface area contributed by atoms with Gasteiger partial charge < -0.3 is 11.1 Å². The van der Waals surface area contributed by atoms with Gasteiger partial charge in [0.2, 0.25) is 5.91 Å². The molecule has 1 aliphatic rings. The lowest BCUT2D eigenvalue weighted by Crippen LogP contribution is -2.39. The fourth-order valence-corrected chi connectivity index (χ4v) is 3.94. The highest BCUT2D eigenvalue weighted by Crippen LogP contribution is 2.38. The van der Waals surface area contributed by atoms with Gasteiger partial charge in [0.15, 0.2) is 0 Å². The van der Waals surface area contributed by atoms with Crippen molar-refractivity contribution in [3.05, 3.63) is 48.3 Å². The molecule has 5 heteroatoms. The number of hydrogen-bond acceptors (Lipinski definition) is 3. The quantitative estimate of drug-likeness (QED) is 0.847. The Labute approximate surface area is 149 Å². The van der Waals surface area contributed by atoms with Gasteiger partial charge in [-0.1, -0.05) is 37.5 Å². The second kappa shape index (κ2) is 7.83. The lowest BCUT2D eigenvalue weighted by molar-refractivity contribution is -0.124. The van der Waals surface area contributed by atoms with Crippen molar-refractivity contribution in [2.75, 3.05) is 6.54 Å². The number of carbonyl (C=O) groups excluding carboxylic acids is 1. The fraction of sp³-hybridized carbons (Fsp3) is 0.500. The number of nitrogens with zero attached hydrogens (tertiary/aromatic N) is 2. The minimum atomic E-state index is -0.0775. The van der Waals surface area contributed by atoms with Crippen molar-refractivity contribution >= 4 is 5.91 Å². The van der Waals surface area contributed by atoms with E-state index in [0.29, 0.717) is 13.0 Å². The smallest absolute Gasteiger partial charge is 0.221 e. The van der Waals surface area contributed by atoms with Crippen LogP contribution < -0.4 is 11.1 Å². The van der Waals surface area contributed by atoms with Gasteiger partial charge in [0.05, 0.1) is 11.7 Å². The van der Waals surface area contributed by atoms with E-state index in [2.05, 4.69) is 10.4 Å². The third-order valence-corrected chi connectivity index (χ3v) is 5.41. The van der Waals surface area contributed by atoms with E-state index in [0.717, 1.165) is 24.1 Å². The first-order valence-electron chi connectivity index (χ1n) is 9.22. The van der Waals surface area contributed by atoms with Crippen molar-refractivity contribution in [3.8, 4) is 5.69 Å². The average Bonchev–Trinajstić information content (AvgIpc) is 3.17. The van der Waals surface area contributed by atoms with Crippen LogP contribution in [0.5, 0.6) is 0 Å². The Balaban J connectivity index is 1.70. The zero-order valence-electron chi connectivity index (χ0n) is 14.9. The third-order valence-electron chi connectivity index (χ3n) is 5.41. The molecule has 1 atom stereocenters. The Morgan fingerprint density at radius 2 is 2.04 bits per heavy atom. The van der Waals surface area contributed by atoms with Crippen LogP contribution in [0.1, 0.15) is 57.1 Å². The largest absolute Gasteiger partial charge is 0.349 e. The first kappa shape index (κ1) is 17.7. The summed E-state index contributed by atoms with van der Waals surface area (Å²) in [4.78, 5) is 12.7. The van der Waals surface area contributed by atoms with E-state index in [1.165, 1.54) is 19.3 Å². The van der Waals surface area contributed by atoms with Gasteiger partial charge in [0.1, 0.15) is 0 Å². The van der Waals surface area contributed by atoms with Crippen LogP contribution in [0.2, 0.25) is 0 Å². The second-order valence-electron chi connectivity index (χ2n) is 7.24. The molecule has 3 rings (SSSR count). The Bertz CT molecular complexity index is 689. The summed E-state index contributed by atoms with van der Waals surface area (Å²) in [5.41, 5.74) is 8.07. The molecule has 0 saturated heterocycles. The monoisotopic (exact) mass is 340 g/mol. The number of aromatic nitrogens is 2. The van der Waals surface area contributed by atoms with Crippen LogP contribution >= 0.6 is 0 Å². The Morgan fingerprint density at radius 1 is 1.28 bits per heavy atom. The number of benzene rings is 1. The van der Waals surface area contributed by atoms with Crippen LogP contribution in [0, 0.1) is 5.41 Å². The summed E-state index contributed by atoms with van der Waals surface area (Å²) in [6.45, 7) is 2.62. The van der Waals surface area contributed by atoms with E-state index in [9.17, 15) is 4.79 Å². The number of rotatable bonds is 6. The molecule has 25 heavy (non-hydrogen) atoms. The number of nitrogens with two attached hydrogens (primary N) is 1. The van der Waals surface area contributed by atoms with Gasteiger partial charge in [-0.3, -0.25) is 4.79 Å². The van der Waals surface area contributed by atoms with Gasteiger partial charge in [-0.2, -0.15) is 5.10 Å². The van der Waals surface area contributed by atoms with Crippen LogP contribution in [0.25, 0.3) is 5.69 Å². The molecule has 1 aromatic heterocycles. The van der Waals surface area contributed by atoms with Crippen LogP contribution in [0.4, 0.5) is 0 Å². The molecule has 0 aliphatic heterocycles. The Kier molecular flexibility index (Phi) is 5.53. The van der Waals surface area contributed by atoms with Crippen molar-refractivity contribution in [1.82, 2.24) is 15.1 Å². The molecule has 1 aliphatic carbocycles. The number of nitrogens with one attached hydrogen (secondary N) is 1. The summed E-state index contributed by atoms with van der Waals surface area (Å²) in [6.07, 6.45) is 9.95. The second-order valence-corrected chi connectivity index (χ2v) is 7.24. The standard InChI is InChI=1S/C20H28N4O/c1-16(17-8-3-4-9-18(17)24-13-7-12-22-24)23-19(25)14-20(15-21)10-5-2-6-11-20/h3-4,7-9,12-13,16H,2,5-6,10-11,14-15,21H2,1H3,(H,23,25). The molecule has 0 radical (unpaired) electrons. The summed E-state index contributed by atoms with van der Waals surface area (Å²) >= 11 is 0. The Hall–Kier alpha value is -2.14. The van der Waals surface area contributed by atoms with Crippen LogP contribution in [0.15, 0.2) is 42.7 Å². The molecule has 1 fully saturated rings. The van der Waals surface area contributed by atoms with E-state index >= 15 is 0 Å². The molecule has 0 bridgehead atoms. The summed E-state index contributed by atoms with van der Waals surface area (Å²) < 4.78 is 1.83. The summed E-state index contributed by atoms with van der Waals surface area (Å²) in [7, 11) is 0. The fourth-order valence-electron chi connectivity index (χ4n) is 3.94. The minimum absolute atomic E-state index is 0.0104. The summed E-state index contributed by atoms with van der Waals surface area (Å²) in [5, 5.41) is 7.48. The van der Waals surface area contributed by atoms with E-state index < -0.39 is 0 Å². The molecule has 1 aromatic carbocycles. The Morgan fingerprint density at radius 3 is 2.72 bits per heavy atom. The zero-order chi connectivity index (χ0) is 17.7. The summed E-state index contributed by atoms with van der Waals surface area (Å²) in [5.74, 6) is 0.0927. The van der Waals surface area contributed by atoms with E-state index in [1.807, 2.05) is 48.1 Å². The van der Waals surface area contributed by atoms with Crippen molar-refractivity contribution in [3.63, 3.8) is 0 Å². The van der Waals surface area contributed by atoms with Gasteiger partial charge in [-0.15, -0.1) is 0 Å². The molecule has 134 valence electrons. The maximum atomic E-state index is 12.7. The number of amides is 1. The zero-order valence-corrected chi connectivity index (χ0v) is 14.9. The SMILES string of the molecule is CC(NC(=O)CC1(CN)CCCCC1)c1ccccc1-n1cccn1. The highest BCUT2D eigenvalue weighted by Gasteiger charge is 2.33. The van der Waals surface area contributed by atoms with Gasteiger partial charge in [0.25, 0.3) is 0 Å². The van der Waals surface area contributed by atoms with E-state index in [1.54, 1.807) is 6.20 Å². The van der Waals surface area contributed by atoms with Crippen LogP contribution in [-0.4, -0.2) is 22.2 Å². The number of para-hydroxylation sites is 1. The maximum Gasteiger partial charge on any atom is 0.221 e. The molecule has 3 N–H and O–H groups in total. The van der Waals surface area contributed by atoms with Crippen LogP contribution in [0.3, 0.4) is 0 Å². The lowest BCUT2D eigenvalue weighted by atomic mass is 9.71. The summed E-state index contributed by atoms with van der Waals surface area (Å²) in [6, 6.07) is 9.86. The maximum absolute atomic E-state index is 12.7. The highest BCUT2D eigenvalue weighted by molar-refractivity contribution is 5.77. The van der Waals surface area contributed by atoms with Crippen molar-refractivity contribution in [1.29, 1.82) is 0 Å². The molecular formula is C20H28N4O. The molecule has 0 spiro atoms. The number of hydrogen-bond donors (Lipinski definition) is 2. The molecule has 1 heterocycles. The van der Waals surface area contributed by atoms with Crippen LogP contribution in [-0.2, 0) is 4.79 Å². The number of carbonyl (C=O) groups is 1. The first-order valence-corrected chi connectivity index (χ1v) is 9.22. The molecule has 1 amide bonds. The van der Waals surface area contributed by atoms with Crippen molar-refractivity contribution in [2.24, 2.45) is 11.1 Å². The first-order chi connectivity index (χ1) is 12.1.